The lowest BCUT2D eigenvalue weighted by Crippen LogP contribution is -2.37. The Kier molecular flexibility index (Phi) is 7.81. The van der Waals surface area contributed by atoms with Crippen LogP contribution in [0.15, 0.2) is 60.8 Å². The molecule has 1 fully saturated rings. The standard InChI is InChI=1S/C29H34FN3O2/c1-5-32(18-22-7-6-8-24(17-22)23-9-11-25(30)12-10-23)26-14-16-33(19-26)28-27(21(4)13-15-31-28)29(34)35-20(2)3/h6-13,15,17,20,26H,5,14,16,18-19H2,1-4H3. The van der Waals surface area contributed by atoms with Gasteiger partial charge in [0.05, 0.1) is 6.10 Å². The number of anilines is 1. The van der Waals surface area contributed by atoms with E-state index in [2.05, 4.69) is 46.0 Å². The molecule has 0 N–H and O–H groups in total. The lowest BCUT2D eigenvalue weighted by atomic mass is 10.0. The van der Waals surface area contributed by atoms with E-state index >= 15 is 0 Å². The Morgan fingerprint density at radius 1 is 1.17 bits per heavy atom. The zero-order chi connectivity index (χ0) is 24.9. The lowest BCUT2D eigenvalue weighted by molar-refractivity contribution is 0.0377. The predicted octanol–water partition coefficient (Wildman–Crippen LogP) is 5.86. The van der Waals surface area contributed by atoms with Crippen molar-refractivity contribution in [3.8, 4) is 11.1 Å². The van der Waals surface area contributed by atoms with Crippen LogP contribution >= 0.6 is 0 Å². The summed E-state index contributed by atoms with van der Waals surface area (Å²) in [5, 5.41) is 0. The van der Waals surface area contributed by atoms with Crippen LogP contribution in [0.25, 0.3) is 11.1 Å². The molecule has 6 heteroatoms. The molecule has 5 nitrogen and oxygen atoms in total. The molecule has 184 valence electrons. The van der Waals surface area contributed by atoms with Gasteiger partial charge in [0.2, 0.25) is 0 Å². The van der Waals surface area contributed by atoms with E-state index in [4.69, 9.17) is 4.74 Å². The highest BCUT2D eigenvalue weighted by molar-refractivity contribution is 5.96. The van der Waals surface area contributed by atoms with Gasteiger partial charge in [0.15, 0.2) is 0 Å². The quantitative estimate of drug-likeness (QED) is 0.382. The summed E-state index contributed by atoms with van der Waals surface area (Å²) in [7, 11) is 0. The number of hydrogen-bond acceptors (Lipinski definition) is 5. The molecule has 1 atom stereocenters. The molecule has 1 unspecified atom stereocenters. The molecule has 1 aromatic heterocycles. The molecule has 0 amide bonds. The second-order valence-electron chi connectivity index (χ2n) is 9.44. The van der Waals surface area contributed by atoms with Crippen LogP contribution < -0.4 is 4.90 Å². The van der Waals surface area contributed by atoms with Crippen molar-refractivity contribution in [2.45, 2.75) is 52.8 Å². The number of halogens is 1. The predicted molar refractivity (Wildman–Crippen MR) is 138 cm³/mol. The maximum Gasteiger partial charge on any atom is 0.342 e. The van der Waals surface area contributed by atoms with E-state index in [0.717, 1.165) is 49.3 Å². The summed E-state index contributed by atoms with van der Waals surface area (Å²) >= 11 is 0. The molecule has 4 rings (SSSR count). The molecule has 1 aliphatic heterocycles. The van der Waals surface area contributed by atoms with Crippen molar-refractivity contribution in [1.82, 2.24) is 9.88 Å². The van der Waals surface area contributed by atoms with Gasteiger partial charge in [-0.15, -0.1) is 0 Å². The van der Waals surface area contributed by atoms with Crippen LogP contribution in [0.4, 0.5) is 10.2 Å². The zero-order valence-electron chi connectivity index (χ0n) is 21.0. The van der Waals surface area contributed by atoms with Crippen LogP contribution in [-0.2, 0) is 11.3 Å². The number of hydrogen-bond donors (Lipinski definition) is 0. The van der Waals surface area contributed by atoms with Crippen LogP contribution in [0.1, 0.15) is 48.7 Å². The maximum absolute atomic E-state index is 13.3. The summed E-state index contributed by atoms with van der Waals surface area (Å²) in [6.07, 6.45) is 2.59. The third-order valence-corrected chi connectivity index (χ3v) is 6.56. The van der Waals surface area contributed by atoms with E-state index in [1.807, 2.05) is 39.0 Å². The number of nitrogens with zero attached hydrogens (tertiary/aromatic N) is 3. The van der Waals surface area contributed by atoms with Gasteiger partial charge in [-0.1, -0.05) is 37.3 Å². The minimum absolute atomic E-state index is 0.178. The van der Waals surface area contributed by atoms with Crippen LogP contribution in [0, 0.1) is 12.7 Å². The van der Waals surface area contributed by atoms with Gasteiger partial charge in [0, 0.05) is 31.9 Å². The Balaban J connectivity index is 1.49. The van der Waals surface area contributed by atoms with E-state index in [0.29, 0.717) is 17.4 Å². The molecule has 3 aromatic rings. The number of pyridine rings is 1. The summed E-state index contributed by atoms with van der Waals surface area (Å²) in [6.45, 7) is 11.2. The molecule has 0 aliphatic carbocycles. The van der Waals surface area contributed by atoms with E-state index < -0.39 is 0 Å². The fourth-order valence-corrected chi connectivity index (χ4v) is 4.77. The second-order valence-corrected chi connectivity index (χ2v) is 9.44. The van der Waals surface area contributed by atoms with Gasteiger partial charge in [0.25, 0.3) is 0 Å². The van der Waals surface area contributed by atoms with Crippen molar-refractivity contribution in [2.24, 2.45) is 0 Å². The van der Waals surface area contributed by atoms with Gasteiger partial charge in [-0.3, -0.25) is 4.90 Å². The highest BCUT2D eigenvalue weighted by Crippen LogP contribution is 2.29. The Hall–Kier alpha value is -3.25. The minimum atomic E-state index is -0.311. The van der Waals surface area contributed by atoms with Gasteiger partial charge in [-0.25, -0.2) is 14.2 Å². The van der Waals surface area contributed by atoms with Crippen LogP contribution in [-0.4, -0.2) is 47.6 Å². The first-order chi connectivity index (χ1) is 16.9. The smallest absolute Gasteiger partial charge is 0.342 e. The SMILES string of the molecule is CCN(Cc1cccc(-c2ccc(F)cc2)c1)C1CCN(c2nccc(C)c2C(=O)OC(C)C)C1. The van der Waals surface area contributed by atoms with Gasteiger partial charge >= 0.3 is 5.97 Å². The minimum Gasteiger partial charge on any atom is -0.459 e. The Bertz CT molecular complexity index is 1160. The van der Waals surface area contributed by atoms with Crippen molar-refractivity contribution >= 4 is 11.8 Å². The fraction of sp³-hybridized carbons (Fsp3) is 0.379. The molecule has 0 saturated carbocycles. The average Bonchev–Trinajstić information content (AvgIpc) is 3.32. The Morgan fingerprint density at radius 3 is 2.66 bits per heavy atom. The molecular weight excluding hydrogens is 441 g/mol. The number of carbonyl (C=O) groups excluding carboxylic acids is 1. The average molecular weight is 476 g/mol. The number of rotatable bonds is 8. The maximum atomic E-state index is 13.3. The molecule has 35 heavy (non-hydrogen) atoms. The molecule has 0 radical (unpaired) electrons. The van der Waals surface area contributed by atoms with E-state index in [9.17, 15) is 9.18 Å². The number of aryl methyl sites for hydroxylation is 1. The van der Waals surface area contributed by atoms with Crippen molar-refractivity contribution in [3.63, 3.8) is 0 Å². The van der Waals surface area contributed by atoms with Crippen molar-refractivity contribution in [1.29, 1.82) is 0 Å². The highest BCUT2D eigenvalue weighted by atomic mass is 19.1. The third-order valence-electron chi connectivity index (χ3n) is 6.56. The number of ether oxygens (including phenoxy) is 1. The lowest BCUT2D eigenvalue weighted by Gasteiger charge is -2.28. The summed E-state index contributed by atoms with van der Waals surface area (Å²) in [5.41, 5.74) is 4.77. The molecular formula is C29H34FN3O2. The Labute approximate surface area is 207 Å². The van der Waals surface area contributed by atoms with E-state index in [1.54, 1.807) is 6.20 Å². The van der Waals surface area contributed by atoms with Crippen molar-refractivity contribution in [3.05, 3.63) is 83.3 Å². The number of aromatic nitrogens is 1. The summed E-state index contributed by atoms with van der Waals surface area (Å²) in [5.74, 6) is 0.179. The third kappa shape index (κ3) is 5.88. The molecule has 2 aromatic carbocycles. The fourth-order valence-electron chi connectivity index (χ4n) is 4.77. The molecule has 1 saturated heterocycles. The van der Waals surface area contributed by atoms with Gasteiger partial charge in [-0.2, -0.15) is 0 Å². The van der Waals surface area contributed by atoms with Crippen LogP contribution in [0.5, 0.6) is 0 Å². The highest BCUT2D eigenvalue weighted by Gasteiger charge is 2.31. The first kappa shape index (κ1) is 24.9. The van der Waals surface area contributed by atoms with Gasteiger partial charge in [0.1, 0.15) is 17.2 Å². The first-order valence-electron chi connectivity index (χ1n) is 12.4. The number of esters is 1. The summed E-state index contributed by atoms with van der Waals surface area (Å²) < 4.78 is 18.8. The molecule has 2 heterocycles. The topological polar surface area (TPSA) is 45.7 Å². The van der Waals surface area contributed by atoms with Crippen molar-refractivity contribution in [2.75, 3.05) is 24.5 Å². The van der Waals surface area contributed by atoms with Gasteiger partial charge < -0.3 is 9.64 Å². The largest absolute Gasteiger partial charge is 0.459 e. The zero-order valence-corrected chi connectivity index (χ0v) is 21.0. The Morgan fingerprint density at radius 2 is 1.94 bits per heavy atom. The number of likely N-dealkylation sites (N-methyl/N-ethyl adjacent to an activating group) is 1. The first-order valence-corrected chi connectivity index (χ1v) is 12.4. The normalized spacial score (nSPS) is 15.7. The molecule has 0 spiro atoms. The monoisotopic (exact) mass is 475 g/mol. The summed E-state index contributed by atoms with van der Waals surface area (Å²) in [6, 6.07) is 17.3. The van der Waals surface area contributed by atoms with Gasteiger partial charge in [-0.05, 0) is 80.3 Å². The molecule has 1 aliphatic rings. The van der Waals surface area contributed by atoms with Crippen molar-refractivity contribution < 1.29 is 13.9 Å². The number of benzene rings is 2. The van der Waals surface area contributed by atoms with Crippen LogP contribution in [0.2, 0.25) is 0 Å². The van der Waals surface area contributed by atoms with Crippen LogP contribution in [0.3, 0.4) is 0 Å². The van der Waals surface area contributed by atoms with E-state index in [-0.39, 0.29) is 17.9 Å². The summed E-state index contributed by atoms with van der Waals surface area (Å²) in [4.78, 5) is 22.1. The molecule has 0 bridgehead atoms. The van der Waals surface area contributed by atoms with E-state index in [1.165, 1.54) is 17.7 Å². The second kappa shape index (κ2) is 11.0. The number of carbonyl (C=O) groups is 1.